The molecular formula is C19H26N6O2S. The fourth-order valence-corrected chi connectivity index (χ4v) is 3.48. The Kier molecular flexibility index (Phi) is 7.58. The summed E-state index contributed by atoms with van der Waals surface area (Å²) in [7, 11) is 0. The molecule has 0 bridgehead atoms. The smallest absolute Gasteiger partial charge is 0.247 e. The van der Waals surface area contributed by atoms with Gasteiger partial charge in [0.1, 0.15) is 0 Å². The number of carbonyl (C=O) groups is 1. The molecule has 2 aromatic rings. The molecule has 28 heavy (non-hydrogen) atoms. The van der Waals surface area contributed by atoms with Gasteiger partial charge in [-0.3, -0.25) is 4.79 Å². The van der Waals surface area contributed by atoms with Crippen LogP contribution in [0.5, 0.6) is 0 Å². The molecule has 1 fully saturated rings. The second-order valence-corrected chi connectivity index (χ2v) is 7.53. The van der Waals surface area contributed by atoms with E-state index in [0.29, 0.717) is 5.69 Å². The molecular weight excluding hydrogens is 376 g/mol. The van der Waals surface area contributed by atoms with Crippen LogP contribution in [-0.4, -0.2) is 57.4 Å². The van der Waals surface area contributed by atoms with E-state index in [1.54, 1.807) is 11.8 Å². The number of tetrazole rings is 1. The van der Waals surface area contributed by atoms with Crippen LogP contribution in [0.15, 0.2) is 36.9 Å². The molecule has 1 aliphatic rings. The molecule has 1 aliphatic heterocycles. The van der Waals surface area contributed by atoms with Crippen molar-refractivity contribution in [3.63, 3.8) is 0 Å². The van der Waals surface area contributed by atoms with Crippen LogP contribution in [0.1, 0.15) is 30.3 Å². The molecule has 1 aromatic carbocycles. The van der Waals surface area contributed by atoms with Gasteiger partial charge in [0.2, 0.25) is 5.91 Å². The van der Waals surface area contributed by atoms with Crippen LogP contribution in [0, 0.1) is 0 Å². The molecule has 2 N–H and O–H groups in total. The van der Waals surface area contributed by atoms with Gasteiger partial charge in [-0.05, 0) is 53.3 Å². The lowest BCUT2D eigenvalue weighted by atomic mass is 10.0. The second-order valence-electron chi connectivity index (χ2n) is 6.54. The van der Waals surface area contributed by atoms with Crippen LogP contribution in [0.25, 0.3) is 0 Å². The van der Waals surface area contributed by atoms with E-state index in [4.69, 9.17) is 4.74 Å². The number of rotatable bonds is 10. The highest BCUT2D eigenvalue weighted by Gasteiger charge is 2.24. The lowest BCUT2D eigenvalue weighted by Crippen LogP contribution is -2.32. The number of aryl methyl sites for hydroxylation is 1. The van der Waals surface area contributed by atoms with Crippen molar-refractivity contribution in [3.05, 3.63) is 48.3 Å². The van der Waals surface area contributed by atoms with E-state index in [1.807, 2.05) is 28.9 Å². The van der Waals surface area contributed by atoms with Crippen LogP contribution in [0.3, 0.4) is 0 Å². The normalized spacial score (nSPS) is 17.4. The average molecular weight is 403 g/mol. The zero-order chi connectivity index (χ0) is 19.8. The van der Waals surface area contributed by atoms with E-state index < -0.39 is 0 Å². The number of hydrogen-bond acceptors (Lipinski definition) is 7. The van der Waals surface area contributed by atoms with Crippen molar-refractivity contribution in [2.24, 2.45) is 0 Å². The molecule has 0 aliphatic carbocycles. The van der Waals surface area contributed by atoms with Gasteiger partial charge in [-0.25, -0.2) is 4.68 Å². The van der Waals surface area contributed by atoms with Crippen molar-refractivity contribution >= 4 is 23.4 Å². The average Bonchev–Trinajstić information content (AvgIpc) is 3.40. The molecule has 9 heteroatoms. The molecule has 2 heterocycles. The Morgan fingerprint density at radius 1 is 1.46 bits per heavy atom. The molecule has 0 saturated carbocycles. The number of thioether (sulfide) groups is 1. The molecule has 8 nitrogen and oxygen atoms in total. The highest BCUT2D eigenvalue weighted by atomic mass is 32.2. The zero-order valence-corrected chi connectivity index (χ0v) is 16.8. The van der Waals surface area contributed by atoms with Gasteiger partial charge in [0.05, 0.1) is 18.7 Å². The fraction of sp³-hybridized carbons (Fsp3) is 0.474. The minimum atomic E-state index is -0.234. The molecule has 3 rings (SSSR count). The molecule has 2 atom stereocenters. The van der Waals surface area contributed by atoms with E-state index in [0.717, 1.165) is 49.7 Å². The number of anilines is 1. The summed E-state index contributed by atoms with van der Waals surface area (Å²) >= 11 is 1.75. The predicted octanol–water partition coefficient (Wildman–Crippen LogP) is 2.02. The third kappa shape index (κ3) is 5.40. The summed E-state index contributed by atoms with van der Waals surface area (Å²) in [6.07, 6.45) is 5.68. The summed E-state index contributed by atoms with van der Waals surface area (Å²) < 4.78 is 7.59. The summed E-state index contributed by atoms with van der Waals surface area (Å²) in [5.41, 5.74) is 1.74. The summed E-state index contributed by atoms with van der Waals surface area (Å²) in [5.74, 6) is 1.47. The van der Waals surface area contributed by atoms with Crippen molar-refractivity contribution in [1.82, 2.24) is 25.5 Å². The number of carbonyl (C=O) groups excluding carboxylic acids is 1. The number of amides is 1. The van der Waals surface area contributed by atoms with Gasteiger partial charge in [-0.2, -0.15) is 11.8 Å². The molecule has 150 valence electrons. The number of benzene rings is 1. The minimum absolute atomic E-state index is 0.162. The first-order valence-electron chi connectivity index (χ1n) is 9.34. The van der Waals surface area contributed by atoms with Crippen molar-refractivity contribution < 1.29 is 9.53 Å². The number of hydrogen-bond donors (Lipinski definition) is 2. The molecule has 0 radical (unpaired) electrons. The van der Waals surface area contributed by atoms with E-state index in [-0.39, 0.29) is 18.1 Å². The summed E-state index contributed by atoms with van der Waals surface area (Å²) in [4.78, 5) is 11.5. The molecule has 0 spiro atoms. The van der Waals surface area contributed by atoms with Crippen LogP contribution >= 0.6 is 11.8 Å². The third-order valence-electron chi connectivity index (χ3n) is 4.60. The Labute approximate surface area is 169 Å². The molecule has 1 saturated heterocycles. The Morgan fingerprint density at radius 3 is 2.96 bits per heavy atom. The monoisotopic (exact) mass is 402 g/mol. The Morgan fingerprint density at radius 2 is 2.29 bits per heavy atom. The quantitative estimate of drug-likeness (QED) is 0.587. The predicted molar refractivity (Wildman–Crippen MR) is 110 cm³/mol. The van der Waals surface area contributed by atoms with Gasteiger partial charge in [0, 0.05) is 24.6 Å². The summed E-state index contributed by atoms with van der Waals surface area (Å²) in [6.45, 7) is 5.77. The SMILES string of the molecule is C=CC(=O)Nc1ccc(C(NC[C@H]2CCCO2)c2nnnn2CCSC)cc1. The maximum absolute atomic E-state index is 11.5. The summed E-state index contributed by atoms with van der Waals surface area (Å²) in [5, 5.41) is 18.6. The largest absolute Gasteiger partial charge is 0.377 e. The third-order valence-corrected chi connectivity index (χ3v) is 5.19. The van der Waals surface area contributed by atoms with Gasteiger partial charge in [0.15, 0.2) is 5.82 Å². The first-order chi connectivity index (χ1) is 13.7. The van der Waals surface area contributed by atoms with Crippen molar-refractivity contribution in [1.29, 1.82) is 0 Å². The molecule has 1 unspecified atom stereocenters. The van der Waals surface area contributed by atoms with Crippen molar-refractivity contribution in [2.45, 2.75) is 31.5 Å². The van der Waals surface area contributed by atoms with Crippen LogP contribution in [0.4, 0.5) is 5.69 Å². The highest BCUT2D eigenvalue weighted by molar-refractivity contribution is 7.98. The van der Waals surface area contributed by atoms with Gasteiger partial charge in [-0.1, -0.05) is 18.7 Å². The van der Waals surface area contributed by atoms with Crippen molar-refractivity contribution in [2.75, 3.05) is 30.5 Å². The van der Waals surface area contributed by atoms with Crippen LogP contribution < -0.4 is 10.6 Å². The van der Waals surface area contributed by atoms with Gasteiger partial charge >= 0.3 is 0 Å². The number of aromatic nitrogens is 4. The van der Waals surface area contributed by atoms with E-state index in [2.05, 4.69) is 39.0 Å². The lowest BCUT2D eigenvalue weighted by molar-refractivity contribution is -0.111. The fourth-order valence-electron chi connectivity index (χ4n) is 3.12. The standard InChI is InChI=1S/C19H26N6O2S/c1-3-17(26)21-15-8-6-14(7-9-15)18(20-13-16-5-4-11-27-16)19-22-23-24-25(19)10-12-28-2/h3,6-9,16,18,20H,1,4-5,10-13H2,2H3,(H,21,26)/t16-,18?/m1/s1. The van der Waals surface area contributed by atoms with Gasteiger partial charge < -0.3 is 15.4 Å². The van der Waals surface area contributed by atoms with Crippen LogP contribution in [-0.2, 0) is 16.1 Å². The van der Waals surface area contributed by atoms with Gasteiger partial charge in [-0.15, -0.1) is 5.10 Å². The maximum Gasteiger partial charge on any atom is 0.247 e. The topological polar surface area (TPSA) is 94.0 Å². The Hall–Kier alpha value is -2.23. The number of nitrogens with one attached hydrogen (secondary N) is 2. The Bertz CT molecular complexity index is 773. The van der Waals surface area contributed by atoms with Gasteiger partial charge in [0.25, 0.3) is 0 Å². The second kappa shape index (κ2) is 10.4. The lowest BCUT2D eigenvalue weighted by Gasteiger charge is -2.21. The van der Waals surface area contributed by atoms with E-state index >= 15 is 0 Å². The van der Waals surface area contributed by atoms with Crippen molar-refractivity contribution in [3.8, 4) is 0 Å². The first-order valence-corrected chi connectivity index (χ1v) is 10.7. The number of ether oxygens (including phenoxy) is 1. The highest BCUT2D eigenvalue weighted by Crippen LogP contribution is 2.23. The maximum atomic E-state index is 11.5. The van der Waals surface area contributed by atoms with Crippen LogP contribution in [0.2, 0.25) is 0 Å². The minimum Gasteiger partial charge on any atom is -0.377 e. The zero-order valence-electron chi connectivity index (χ0n) is 16.0. The molecule has 1 aromatic heterocycles. The Balaban J connectivity index is 1.80. The number of nitrogens with zero attached hydrogens (tertiary/aromatic N) is 4. The summed E-state index contributed by atoms with van der Waals surface area (Å²) in [6, 6.07) is 7.52. The first kappa shape index (κ1) is 20.5. The van der Waals surface area contributed by atoms with E-state index in [9.17, 15) is 4.79 Å². The molecule has 1 amide bonds. The van der Waals surface area contributed by atoms with E-state index in [1.165, 1.54) is 6.08 Å².